The fourth-order valence-corrected chi connectivity index (χ4v) is 4.49. The monoisotopic (exact) mass is 356 g/mol. The number of fused-ring (bicyclic) bond motifs is 2. The van der Waals surface area contributed by atoms with Crippen molar-refractivity contribution < 1.29 is 4.79 Å². The molecule has 7 nitrogen and oxygen atoms in total. The van der Waals surface area contributed by atoms with E-state index in [-0.39, 0.29) is 5.92 Å². The molecule has 4 heterocycles. The Balaban J connectivity index is 2.00. The van der Waals surface area contributed by atoms with Crippen LogP contribution in [-0.4, -0.2) is 31.5 Å². The van der Waals surface area contributed by atoms with E-state index in [0.29, 0.717) is 5.88 Å². The lowest BCUT2D eigenvalue weighted by Gasteiger charge is -2.18. The Kier molecular flexibility index (Phi) is 3.54. The molecule has 3 aromatic rings. The van der Waals surface area contributed by atoms with E-state index in [0.717, 1.165) is 44.3 Å². The molecular weight excluding hydrogens is 336 g/mol. The number of carbonyl (C=O) groups is 1. The maximum absolute atomic E-state index is 11.8. The van der Waals surface area contributed by atoms with E-state index in [1.807, 2.05) is 6.20 Å². The first-order valence-corrected chi connectivity index (χ1v) is 9.14. The molecule has 0 atom stereocenters. The number of hydrogen-bond donors (Lipinski definition) is 2. The van der Waals surface area contributed by atoms with Gasteiger partial charge in [0.2, 0.25) is 0 Å². The normalized spacial score (nSPS) is 13.9. The number of nitrogens with zero attached hydrogens (tertiary/aromatic N) is 4. The van der Waals surface area contributed by atoms with Crippen LogP contribution in [0.25, 0.3) is 16.9 Å². The van der Waals surface area contributed by atoms with Crippen LogP contribution < -0.4 is 10.6 Å². The molecule has 0 aromatic carbocycles. The molecule has 130 valence electrons. The molecule has 0 bridgehead atoms. The summed E-state index contributed by atoms with van der Waals surface area (Å²) in [6.07, 6.45) is 3.56. The molecule has 0 aliphatic carbocycles. The molecule has 0 saturated carbocycles. The average Bonchev–Trinajstić information content (AvgIpc) is 3.23. The highest BCUT2D eigenvalue weighted by Gasteiger charge is 2.33. The number of nitrogens with one attached hydrogen (secondary N) is 1. The Morgan fingerprint density at radius 1 is 1.36 bits per heavy atom. The first-order chi connectivity index (χ1) is 11.9. The zero-order chi connectivity index (χ0) is 17.9. The highest BCUT2D eigenvalue weighted by molar-refractivity contribution is 7.99. The number of aromatic nitrogens is 4. The van der Waals surface area contributed by atoms with Gasteiger partial charge in [0.1, 0.15) is 6.33 Å². The van der Waals surface area contributed by atoms with Gasteiger partial charge in [-0.1, -0.05) is 25.6 Å². The molecule has 3 aromatic heterocycles. The zero-order valence-corrected chi connectivity index (χ0v) is 15.4. The van der Waals surface area contributed by atoms with Crippen LogP contribution in [0.1, 0.15) is 36.5 Å². The summed E-state index contributed by atoms with van der Waals surface area (Å²) >= 11 is 1.60. The van der Waals surface area contributed by atoms with Crippen molar-refractivity contribution in [2.75, 3.05) is 10.8 Å². The van der Waals surface area contributed by atoms with Crippen LogP contribution in [-0.2, 0) is 0 Å². The smallest absolute Gasteiger partial charge is 0.320 e. The standard InChI is InChI=1S/C17H20N6OS/c1-8(2)12-13(21-16-14(12)22(7-25-16)17(18)24)11-5-23-15(19-6-20-23)10(4)9(11)3/h5-6,8,21H,7H2,1-4H3,(H2,18,24). The van der Waals surface area contributed by atoms with Crippen molar-refractivity contribution in [3.63, 3.8) is 0 Å². The van der Waals surface area contributed by atoms with Gasteiger partial charge in [0, 0.05) is 17.3 Å². The largest absolute Gasteiger partial charge is 0.351 e. The van der Waals surface area contributed by atoms with Crippen LogP contribution in [0.3, 0.4) is 0 Å². The summed E-state index contributed by atoms with van der Waals surface area (Å²) < 4.78 is 1.80. The molecule has 8 heteroatoms. The second kappa shape index (κ2) is 5.52. The van der Waals surface area contributed by atoms with Crippen molar-refractivity contribution in [3.8, 4) is 11.3 Å². The van der Waals surface area contributed by atoms with E-state index in [1.165, 1.54) is 0 Å². The summed E-state index contributed by atoms with van der Waals surface area (Å²) in [7, 11) is 0. The number of aryl methyl sites for hydroxylation is 1. The highest BCUT2D eigenvalue weighted by Crippen LogP contribution is 2.48. The highest BCUT2D eigenvalue weighted by atomic mass is 32.2. The minimum atomic E-state index is -0.418. The molecule has 0 fully saturated rings. The summed E-state index contributed by atoms with van der Waals surface area (Å²) in [5.41, 5.74) is 12.8. The number of primary amides is 1. The predicted molar refractivity (Wildman–Crippen MR) is 99.1 cm³/mol. The van der Waals surface area contributed by atoms with Gasteiger partial charge in [-0.3, -0.25) is 4.90 Å². The van der Waals surface area contributed by atoms with Gasteiger partial charge in [0.15, 0.2) is 5.65 Å². The Morgan fingerprint density at radius 3 is 2.80 bits per heavy atom. The average molecular weight is 356 g/mol. The first-order valence-electron chi connectivity index (χ1n) is 8.15. The molecule has 0 unspecified atom stereocenters. The SMILES string of the molecule is Cc1c(-c2[nH]c3c(c2C(C)C)N(C(N)=O)CS3)cn2ncnc2c1C. The number of H-pyrrole nitrogens is 1. The summed E-state index contributed by atoms with van der Waals surface area (Å²) in [5.74, 6) is 0.790. The molecule has 25 heavy (non-hydrogen) atoms. The maximum Gasteiger partial charge on any atom is 0.320 e. The number of hydrogen-bond acceptors (Lipinski definition) is 4. The lowest BCUT2D eigenvalue weighted by atomic mass is 9.95. The number of urea groups is 1. The first kappa shape index (κ1) is 16.0. The van der Waals surface area contributed by atoms with Gasteiger partial charge < -0.3 is 10.7 Å². The molecule has 1 aliphatic heterocycles. The molecule has 1 aliphatic rings. The lowest BCUT2D eigenvalue weighted by molar-refractivity contribution is 0.255. The molecule has 4 rings (SSSR count). The number of pyridine rings is 1. The molecule has 0 radical (unpaired) electrons. The molecule has 2 amide bonds. The van der Waals surface area contributed by atoms with E-state index in [2.05, 4.69) is 42.8 Å². The predicted octanol–water partition coefficient (Wildman–Crippen LogP) is 3.41. The van der Waals surface area contributed by atoms with Crippen molar-refractivity contribution in [2.24, 2.45) is 5.73 Å². The third-order valence-electron chi connectivity index (χ3n) is 4.83. The van der Waals surface area contributed by atoms with E-state index >= 15 is 0 Å². The van der Waals surface area contributed by atoms with Gasteiger partial charge in [0.25, 0.3) is 0 Å². The van der Waals surface area contributed by atoms with E-state index in [1.54, 1.807) is 27.5 Å². The van der Waals surface area contributed by atoms with Crippen molar-refractivity contribution in [3.05, 3.63) is 29.2 Å². The van der Waals surface area contributed by atoms with Crippen LogP contribution in [0.2, 0.25) is 0 Å². The minimum Gasteiger partial charge on any atom is -0.351 e. The summed E-state index contributed by atoms with van der Waals surface area (Å²) in [5, 5.41) is 5.28. The molecule has 0 saturated heterocycles. The number of thioether (sulfide) groups is 1. The fraction of sp³-hybridized carbons (Fsp3) is 0.353. The fourth-order valence-electron chi connectivity index (χ4n) is 3.45. The van der Waals surface area contributed by atoms with Crippen LogP contribution in [0, 0.1) is 13.8 Å². The number of nitrogens with two attached hydrogens (primary N) is 1. The number of amides is 2. The van der Waals surface area contributed by atoms with Crippen molar-refractivity contribution in [1.82, 2.24) is 19.6 Å². The van der Waals surface area contributed by atoms with E-state index < -0.39 is 6.03 Å². The topological polar surface area (TPSA) is 92.3 Å². The Morgan fingerprint density at radius 2 is 2.12 bits per heavy atom. The third kappa shape index (κ3) is 2.24. The van der Waals surface area contributed by atoms with Gasteiger partial charge in [0.05, 0.1) is 22.3 Å². The van der Waals surface area contributed by atoms with Gasteiger partial charge in [-0.05, 0) is 30.9 Å². The Hall–Kier alpha value is -2.48. The summed E-state index contributed by atoms with van der Waals surface area (Å²) in [6, 6.07) is -0.418. The third-order valence-corrected chi connectivity index (χ3v) is 5.80. The number of anilines is 1. The second-order valence-corrected chi connectivity index (χ2v) is 7.56. The number of rotatable bonds is 2. The quantitative estimate of drug-likeness (QED) is 0.736. The van der Waals surface area contributed by atoms with Crippen LogP contribution in [0.15, 0.2) is 17.6 Å². The molecule has 3 N–H and O–H groups in total. The second-order valence-electron chi connectivity index (χ2n) is 6.61. The van der Waals surface area contributed by atoms with Crippen molar-refractivity contribution in [1.29, 1.82) is 0 Å². The van der Waals surface area contributed by atoms with Gasteiger partial charge >= 0.3 is 6.03 Å². The molecular formula is C17H20N6OS. The van der Waals surface area contributed by atoms with Crippen molar-refractivity contribution >= 4 is 29.1 Å². The minimum absolute atomic E-state index is 0.238. The summed E-state index contributed by atoms with van der Waals surface area (Å²) in [4.78, 5) is 21.3. The maximum atomic E-state index is 11.8. The van der Waals surface area contributed by atoms with Crippen molar-refractivity contribution in [2.45, 2.75) is 38.6 Å². The Bertz CT molecular complexity index is 1000. The van der Waals surface area contributed by atoms with Crippen LogP contribution in [0.5, 0.6) is 0 Å². The van der Waals surface area contributed by atoms with E-state index in [4.69, 9.17) is 5.73 Å². The molecule has 0 spiro atoms. The van der Waals surface area contributed by atoms with Crippen LogP contribution in [0.4, 0.5) is 10.5 Å². The zero-order valence-electron chi connectivity index (χ0n) is 14.6. The Labute approximate surface area is 149 Å². The van der Waals surface area contributed by atoms with Gasteiger partial charge in [-0.25, -0.2) is 14.3 Å². The number of carbonyl (C=O) groups excluding carboxylic acids is 1. The van der Waals surface area contributed by atoms with Gasteiger partial charge in [-0.2, -0.15) is 5.10 Å². The van der Waals surface area contributed by atoms with Crippen LogP contribution >= 0.6 is 11.8 Å². The number of aromatic amines is 1. The van der Waals surface area contributed by atoms with E-state index in [9.17, 15) is 4.79 Å². The summed E-state index contributed by atoms with van der Waals surface area (Å²) in [6.45, 7) is 8.41. The van der Waals surface area contributed by atoms with Gasteiger partial charge in [-0.15, -0.1) is 0 Å². The lowest BCUT2D eigenvalue weighted by Crippen LogP contribution is -2.33.